The van der Waals surface area contributed by atoms with Crippen LogP contribution in [0.2, 0.25) is 0 Å². The number of hydrogen-bond acceptors (Lipinski definition) is 6. The van der Waals surface area contributed by atoms with Crippen LogP contribution in [0.25, 0.3) is 0 Å². The molecule has 9 heteroatoms. The van der Waals surface area contributed by atoms with Crippen molar-refractivity contribution in [2.45, 2.75) is 50.5 Å². The Labute approximate surface area is 202 Å². The third kappa shape index (κ3) is 4.47. The molecule has 7 nitrogen and oxygen atoms in total. The number of methoxy groups -OCH3 is 2. The number of carbonyl (C=O) groups is 1. The minimum atomic E-state index is -2.48. The molecule has 0 bridgehead atoms. The average molecular weight is 484 g/mol. The monoisotopic (exact) mass is 483 g/mol. The van der Waals surface area contributed by atoms with Gasteiger partial charge in [0.2, 0.25) is 5.69 Å². The molecule has 2 aromatic carbocycles. The lowest BCUT2D eigenvalue weighted by molar-refractivity contribution is 0.0455. The Morgan fingerprint density at radius 3 is 2.23 bits per heavy atom. The average Bonchev–Trinajstić information content (AvgIpc) is 3.18. The van der Waals surface area contributed by atoms with Crippen molar-refractivity contribution in [2.75, 3.05) is 14.2 Å². The van der Waals surface area contributed by atoms with Gasteiger partial charge in [0.15, 0.2) is 0 Å². The molecule has 35 heavy (non-hydrogen) atoms. The standard InChI is InChI=1S/C26H27F2N3O4/c1-33-20-7-3-17(4-8-20)15-31-23(22(29-30-31)24(32)34-2)35-21-9-5-18(6-10-21)19-11-13-25(14-12-19)16-26(25,27)28/h3-10,19H,11-16H2,1-2H3. The molecule has 0 atom stereocenters. The highest BCUT2D eigenvalue weighted by Crippen LogP contribution is 2.68. The maximum atomic E-state index is 13.7. The van der Waals surface area contributed by atoms with E-state index in [1.807, 2.05) is 48.5 Å². The normalized spacial score (nSPS) is 22.6. The molecule has 1 heterocycles. The molecule has 0 radical (unpaired) electrons. The summed E-state index contributed by atoms with van der Waals surface area (Å²) in [5, 5.41) is 8.05. The Morgan fingerprint density at radius 1 is 1.03 bits per heavy atom. The lowest BCUT2D eigenvalue weighted by Gasteiger charge is -2.29. The third-order valence-corrected chi connectivity index (χ3v) is 7.28. The summed E-state index contributed by atoms with van der Waals surface area (Å²) in [6.45, 7) is 0.329. The zero-order chi connectivity index (χ0) is 24.6. The van der Waals surface area contributed by atoms with Crippen molar-refractivity contribution in [3.05, 3.63) is 65.4 Å². The topological polar surface area (TPSA) is 75.5 Å². The van der Waals surface area contributed by atoms with Gasteiger partial charge in [0.05, 0.1) is 20.8 Å². The summed E-state index contributed by atoms with van der Waals surface area (Å²) in [6.07, 6.45) is 2.71. The molecular weight excluding hydrogens is 456 g/mol. The van der Waals surface area contributed by atoms with Gasteiger partial charge in [-0.2, -0.15) is 0 Å². The summed E-state index contributed by atoms with van der Waals surface area (Å²) in [5.41, 5.74) is 1.26. The van der Waals surface area contributed by atoms with Gasteiger partial charge in [-0.15, -0.1) is 5.10 Å². The van der Waals surface area contributed by atoms with Crippen molar-refractivity contribution in [3.63, 3.8) is 0 Å². The molecule has 3 aromatic rings. The maximum Gasteiger partial charge on any atom is 0.364 e. The Bertz CT molecular complexity index is 1200. The first kappa shape index (κ1) is 23.3. The van der Waals surface area contributed by atoms with E-state index in [0.717, 1.165) is 29.7 Å². The minimum Gasteiger partial charge on any atom is -0.497 e. The van der Waals surface area contributed by atoms with Crippen LogP contribution in [0.4, 0.5) is 8.78 Å². The molecule has 0 saturated heterocycles. The fourth-order valence-electron chi connectivity index (χ4n) is 4.98. The second kappa shape index (κ2) is 8.94. The van der Waals surface area contributed by atoms with E-state index in [4.69, 9.17) is 14.2 Å². The number of aromatic nitrogens is 3. The first-order valence-electron chi connectivity index (χ1n) is 11.6. The van der Waals surface area contributed by atoms with E-state index in [9.17, 15) is 13.6 Å². The number of nitrogens with zero attached hydrogens (tertiary/aromatic N) is 3. The molecule has 5 rings (SSSR count). The summed E-state index contributed by atoms with van der Waals surface area (Å²) < 4.78 is 45.0. The number of hydrogen-bond donors (Lipinski definition) is 0. The van der Waals surface area contributed by atoms with E-state index < -0.39 is 17.3 Å². The van der Waals surface area contributed by atoms with Gasteiger partial charge in [-0.25, -0.2) is 18.3 Å². The zero-order valence-electron chi connectivity index (χ0n) is 19.7. The number of halogens is 2. The van der Waals surface area contributed by atoms with Crippen molar-refractivity contribution in [1.29, 1.82) is 0 Å². The fourth-order valence-corrected chi connectivity index (χ4v) is 4.98. The van der Waals surface area contributed by atoms with Crippen LogP contribution < -0.4 is 9.47 Å². The predicted molar refractivity (Wildman–Crippen MR) is 123 cm³/mol. The molecule has 0 amide bonds. The van der Waals surface area contributed by atoms with Crippen molar-refractivity contribution >= 4 is 5.97 Å². The van der Waals surface area contributed by atoms with Crippen molar-refractivity contribution < 1.29 is 27.8 Å². The summed E-state index contributed by atoms with van der Waals surface area (Å²) in [7, 11) is 2.87. The molecule has 1 spiro atoms. The predicted octanol–water partition coefficient (Wildman–Crippen LogP) is 5.60. The van der Waals surface area contributed by atoms with E-state index in [1.165, 1.54) is 11.8 Å². The van der Waals surface area contributed by atoms with Gasteiger partial charge in [-0.1, -0.05) is 29.5 Å². The highest BCUT2D eigenvalue weighted by molar-refractivity contribution is 5.89. The van der Waals surface area contributed by atoms with E-state index >= 15 is 0 Å². The van der Waals surface area contributed by atoms with Crippen LogP contribution in [0.15, 0.2) is 48.5 Å². The van der Waals surface area contributed by atoms with Gasteiger partial charge in [0.1, 0.15) is 11.5 Å². The largest absolute Gasteiger partial charge is 0.497 e. The first-order chi connectivity index (χ1) is 16.8. The van der Waals surface area contributed by atoms with Crippen molar-refractivity contribution in [1.82, 2.24) is 15.0 Å². The number of ether oxygens (including phenoxy) is 3. The highest BCUT2D eigenvalue weighted by Gasteiger charge is 2.70. The molecule has 0 unspecified atom stereocenters. The van der Waals surface area contributed by atoms with Crippen LogP contribution in [-0.2, 0) is 11.3 Å². The second-order valence-corrected chi connectivity index (χ2v) is 9.35. The molecular formula is C26H27F2N3O4. The molecule has 2 fully saturated rings. The van der Waals surface area contributed by atoms with Crippen LogP contribution in [-0.4, -0.2) is 41.1 Å². The number of rotatable bonds is 7. The molecule has 2 saturated carbocycles. The quantitative estimate of drug-likeness (QED) is 0.408. The van der Waals surface area contributed by atoms with Crippen LogP contribution in [0.5, 0.6) is 17.4 Å². The lowest BCUT2D eigenvalue weighted by atomic mass is 9.76. The lowest BCUT2D eigenvalue weighted by Crippen LogP contribution is -2.19. The molecule has 2 aliphatic rings. The summed E-state index contributed by atoms with van der Waals surface area (Å²) in [5.74, 6) is -1.44. The summed E-state index contributed by atoms with van der Waals surface area (Å²) >= 11 is 0. The fraction of sp³-hybridized carbons (Fsp3) is 0.423. The van der Waals surface area contributed by atoms with Crippen molar-refractivity contribution in [2.24, 2.45) is 5.41 Å². The Balaban J connectivity index is 1.31. The van der Waals surface area contributed by atoms with Crippen LogP contribution >= 0.6 is 0 Å². The van der Waals surface area contributed by atoms with Gasteiger partial charge in [0.25, 0.3) is 11.8 Å². The van der Waals surface area contributed by atoms with E-state index in [-0.39, 0.29) is 23.9 Å². The zero-order valence-corrected chi connectivity index (χ0v) is 19.7. The van der Waals surface area contributed by atoms with Gasteiger partial charge < -0.3 is 14.2 Å². The SMILES string of the molecule is COC(=O)c1nnn(Cc2ccc(OC)cc2)c1Oc1ccc(C2CCC3(CC2)CC3(F)F)cc1. The van der Waals surface area contributed by atoms with Gasteiger partial charge in [-0.3, -0.25) is 0 Å². The molecule has 2 aliphatic carbocycles. The van der Waals surface area contributed by atoms with Gasteiger partial charge in [0, 0.05) is 11.8 Å². The van der Waals surface area contributed by atoms with Crippen LogP contribution in [0, 0.1) is 5.41 Å². The van der Waals surface area contributed by atoms with Crippen molar-refractivity contribution in [3.8, 4) is 17.4 Å². The Morgan fingerprint density at radius 2 is 1.66 bits per heavy atom. The third-order valence-electron chi connectivity index (χ3n) is 7.28. The Hall–Kier alpha value is -3.49. The minimum absolute atomic E-state index is 0.0203. The van der Waals surface area contributed by atoms with Gasteiger partial charge in [-0.05, 0) is 67.0 Å². The smallest absolute Gasteiger partial charge is 0.364 e. The highest BCUT2D eigenvalue weighted by atomic mass is 19.3. The molecule has 1 aromatic heterocycles. The van der Waals surface area contributed by atoms with Gasteiger partial charge >= 0.3 is 5.97 Å². The summed E-state index contributed by atoms with van der Waals surface area (Å²) in [4.78, 5) is 12.2. The number of alkyl halides is 2. The maximum absolute atomic E-state index is 13.7. The number of carbonyl (C=O) groups excluding carboxylic acids is 1. The Kier molecular flexibility index (Phi) is 5.94. The van der Waals surface area contributed by atoms with Crippen LogP contribution in [0.1, 0.15) is 59.6 Å². The number of benzene rings is 2. The van der Waals surface area contributed by atoms with E-state index in [0.29, 0.717) is 25.1 Å². The number of esters is 1. The first-order valence-corrected chi connectivity index (χ1v) is 11.6. The molecule has 184 valence electrons. The molecule has 0 N–H and O–H groups in total. The van der Waals surface area contributed by atoms with E-state index in [2.05, 4.69) is 10.3 Å². The second-order valence-electron chi connectivity index (χ2n) is 9.35. The van der Waals surface area contributed by atoms with Crippen LogP contribution in [0.3, 0.4) is 0 Å². The van der Waals surface area contributed by atoms with E-state index in [1.54, 1.807) is 7.11 Å². The summed E-state index contributed by atoms with van der Waals surface area (Å²) in [6, 6.07) is 15.0. The molecule has 0 aliphatic heterocycles.